The van der Waals surface area contributed by atoms with Gasteiger partial charge in [0.05, 0.1) is 13.3 Å². The fraction of sp³-hybridized carbons (Fsp3) is 0.263. The smallest absolute Gasteiger partial charge is 0.228 e. The van der Waals surface area contributed by atoms with Gasteiger partial charge in [0.1, 0.15) is 22.9 Å². The summed E-state index contributed by atoms with van der Waals surface area (Å²) in [6, 6.07) is 9.63. The molecule has 132 valence electrons. The Morgan fingerprint density at radius 2 is 2.15 bits per heavy atom. The summed E-state index contributed by atoms with van der Waals surface area (Å²) in [7, 11) is 1.59. The van der Waals surface area contributed by atoms with Crippen molar-refractivity contribution in [3.63, 3.8) is 0 Å². The zero-order valence-corrected chi connectivity index (χ0v) is 15.1. The van der Waals surface area contributed by atoms with E-state index in [1.165, 1.54) is 10.9 Å². The first-order chi connectivity index (χ1) is 12.5. The second kappa shape index (κ2) is 6.84. The monoisotopic (exact) mass is 349 g/mol. The van der Waals surface area contributed by atoms with Gasteiger partial charge in [0.25, 0.3) is 0 Å². The van der Waals surface area contributed by atoms with Gasteiger partial charge in [0, 0.05) is 11.3 Å². The molecule has 7 nitrogen and oxygen atoms in total. The number of methoxy groups -OCH3 is 1. The normalized spacial score (nSPS) is 10.8. The summed E-state index contributed by atoms with van der Waals surface area (Å²) >= 11 is 0. The first-order valence-electron chi connectivity index (χ1n) is 8.20. The van der Waals surface area contributed by atoms with Crippen LogP contribution in [0.5, 0.6) is 5.75 Å². The molecule has 3 rings (SSSR count). The van der Waals surface area contributed by atoms with E-state index in [-0.39, 0.29) is 17.4 Å². The number of hydrogen-bond acceptors (Lipinski definition) is 5. The van der Waals surface area contributed by atoms with Gasteiger partial charge in [-0.05, 0) is 24.6 Å². The summed E-state index contributed by atoms with van der Waals surface area (Å²) in [5.41, 5.74) is 1.96. The molecule has 2 aromatic heterocycles. The van der Waals surface area contributed by atoms with Crippen LogP contribution in [0.3, 0.4) is 0 Å². The van der Waals surface area contributed by atoms with Gasteiger partial charge in [-0.1, -0.05) is 26.0 Å². The van der Waals surface area contributed by atoms with Crippen LogP contribution in [-0.4, -0.2) is 27.8 Å². The molecule has 0 spiro atoms. The Kier molecular flexibility index (Phi) is 4.59. The van der Waals surface area contributed by atoms with Crippen molar-refractivity contribution in [2.45, 2.75) is 20.8 Å². The minimum atomic E-state index is -0.226. The number of aryl methyl sites for hydroxylation is 1. The number of benzene rings is 1. The third kappa shape index (κ3) is 2.97. The number of fused-ring (bicyclic) bond motifs is 1. The van der Waals surface area contributed by atoms with Crippen LogP contribution in [0.1, 0.15) is 25.0 Å². The van der Waals surface area contributed by atoms with Crippen molar-refractivity contribution in [1.82, 2.24) is 14.8 Å². The molecule has 7 heteroatoms. The Morgan fingerprint density at radius 1 is 1.38 bits per heavy atom. The molecule has 0 saturated carbocycles. The number of ether oxygens (including phenoxy) is 1. The lowest BCUT2D eigenvalue weighted by Crippen LogP contribution is -2.21. The van der Waals surface area contributed by atoms with E-state index in [0.717, 1.165) is 10.9 Å². The van der Waals surface area contributed by atoms with E-state index in [4.69, 9.17) is 4.74 Å². The Balaban J connectivity index is 2.20. The van der Waals surface area contributed by atoms with Gasteiger partial charge in [0.15, 0.2) is 11.6 Å². The van der Waals surface area contributed by atoms with Crippen molar-refractivity contribution >= 4 is 22.6 Å². The molecular formula is C19H19N5O2. The third-order valence-corrected chi connectivity index (χ3v) is 4.09. The Labute approximate surface area is 151 Å². The summed E-state index contributed by atoms with van der Waals surface area (Å²) in [5.74, 6) is 1.04. The molecule has 3 aromatic rings. The molecule has 0 radical (unpaired) electrons. The van der Waals surface area contributed by atoms with Crippen molar-refractivity contribution in [1.29, 1.82) is 5.26 Å². The van der Waals surface area contributed by atoms with Crippen molar-refractivity contribution in [3.8, 4) is 17.6 Å². The summed E-state index contributed by atoms with van der Waals surface area (Å²) in [6.45, 7) is 5.53. The highest BCUT2D eigenvalue weighted by Crippen LogP contribution is 2.29. The van der Waals surface area contributed by atoms with Crippen LogP contribution >= 0.6 is 0 Å². The fourth-order valence-electron chi connectivity index (χ4n) is 2.63. The van der Waals surface area contributed by atoms with Crippen molar-refractivity contribution < 1.29 is 9.53 Å². The van der Waals surface area contributed by atoms with E-state index in [9.17, 15) is 10.1 Å². The number of anilines is 1. The maximum Gasteiger partial charge on any atom is 0.228 e. The number of aromatic nitrogens is 3. The highest BCUT2D eigenvalue weighted by molar-refractivity contribution is 5.93. The second-order valence-corrected chi connectivity index (χ2v) is 6.23. The standard InChI is InChI=1S/C19H19N5O2/c1-11(2)19(25)23-18-13(9-20)10-21-24(18)16-8-12(3)14-6-5-7-15(26-4)17(14)22-16/h5-8,10-11H,1-4H3,(H,23,25). The average Bonchev–Trinajstić information content (AvgIpc) is 3.03. The van der Waals surface area contributed by atoms with E-state index in [2.05, 4.69) is 21.5 Å². The molecule has 0 aliphatic heterocycles. The number of carbonyl (C=O) groups excluding carboxylic acids is 1. The number of amides is 1. The lowest BCUT2D eigenvalue weighted by atomic mass is 10.1. The number of rotatable bonds is 4. The average molecular weight is 349 g/mol. The van der Waals surface area contributed by atoms with Crippen LogP contribution in [0, 0.1) is 24.2 Å². The van der Waals surface area contributed by atoms with Gasteiger partial charge in [-0.15, -0.1) is 0 Å². The predicted molar refractivity (Wildman–Crippen MR) is 98.3 cm³/mol. The summed E-state index contributed by atoms with van der Waals surface area (Å²) in [4.78, 5) is 16.8. The quantitative estimate of drug-likeness (QED) is 0.781. The molecule has 0 aliphatic carbocycles. The van der Waals surface area contributed by atoms with Crippen LogP contribution in [0.2, 0.25) is 0 Å². The van der Waals surface area contributed by atoms with Gasteiger partial charge in [0.2, 0.25) is 5.91 Å². The van der Waals surface area contributed by atoms with Crippen LogP contribution in [0.15, 0.2) is 30.5 Å². The highest BCUT2D eigenvalue weighted by Gasteiger charge is 2.18. The van der Waals surface area contributed by atoms with E-state index >= 15 is 0 Å². The molecule has 1 amide bonds. The second-order valence-electron chi connectivity index (χ2n) is 6.23. The maximum atomic E-state index is 12.1. The number of pyridine rings is 1. The fourth-order valence-corrected chi connectivity index (χ4v) is 2.63. The Morgan fingerprint density at radius 3 is 2.81 bits per heavy atom. The van der Waals surface area contributed by atoms with E-state index in [0.29, 0.717) is 22.9 Å². The first-order valence-corrected chi connectivity index (χ1v) is 8.20. The molecule has 2 heterocycles. The number of hydrogen-bond donors (Lipinski definition) is 1. The van der Waals surface area contributed by atoms with Crippen LogP contribution in [-0.2, 0) is 4.79 Å². The predicted octanol–water partition coefficient (Wildman–Crippen LogP) is 3.20. The van der Waals surface area contributed by atoms with Crippen molar-refractivity contribution in [2.24, 2.45) is 5.92 Å². The minimum absolute atomic E-state index is 0.196. The highest BCUT2D eigenvalue weighted by atomic mass is 16.5. The summed E-state index contributed by atoms with van der Waals surface area (Å²) < 4.78 is 6.88. The SMILES string of the molecule is COc1cccc2c(C)cc(-n3ncc(C#N)c3NC(=O)C(C)C)nc12. The Bertz CT molecular complexity index is 1030. The molecule has 1 aromatic carbocycles. The first kappa shape index (κ1) is 17.4. The molecule has 0 fully saturated rings. The van der Waals surface area contributed by atoms with Gasteiger partial charge >= 0.3 is 0 Å². The number of nitriles is 1. The molecule has 0 atom stereocenters. The maximum absolute atomic E-state index is 12.1. The zero-order valence-electron chi connectivity index (χ0n) is 15.1. The number of para-hydroxylation sites is 1. The number of carbonyl (C=O) groups is 1. The molecular weight excluding hydrogens is 330 g/mol. The minimum Gasteiger partial charge on any atom is -0.494 e. The van der Waals surface area contributed by atoms with E-state index in [1.54, 1.807) is 21.0 Å². The number of nitrogens with zero attached hydrogens (tertiary/aromatic N) is 4. The van der Waals surface area contributed by atoms with Gasteiger partial charge in [-0.3, -0.25) is 4.79 Å². The van der Waals surface area contributed by atoms with Gasteiger partial charge < -0.3 is 10.1 Å². The van der Waals surface area contributed by atoms with Crippen LogP contribution in [0.4, 0.5) is 5.82 Å². The molecule has 0 unspecified atom stereocenters. The summed E-state index contributed by atoms with van der Waals surface area (Å²) in [5, 5.41) is 17.3. The zero-order chi connectivity index (χ0) is 18.8. The molecule has 26 heavy (non-hydrogen) atoms. The largest absolute Gasteiger partial charge is 0.494 e. The molecule has 0 bridgehead atoms. The van der Waals surface area contributed by atoms with Crippen molar-refractivity contribution in [3.05, 3.63) is 41.6 Å². The molecule has 0 saturated heterocycles. The third-order valence-electron chi connectivity index (χ3n) is 4.09. The molecule has 0 aliphatic rings. The van der Waals surface area contributed by atoms with Crippen LogP contribution in [0.25, 0.3) is 16.7 Å². The lowest BCUT2D eigenvalue weighted by molar-refractivity contribution is -0.118. The van der Waals surface area contributed by atoms with Crippen molar-refractivity contribution in [2.75, 3.05) is 12.4 Å². The Hall–Kier alpha value is -3.40. The van der Waals surface area contributed by atoms with Crippen LogP contribution < -0.4 is 10.1 Å². The molecule has 1 N–H and O–H groups in total. The summed E-state index contributed by atoms with van der Waals surface area (Å²) in [6.07, 6.45) is 1.42. The number of nitrogens with one attached hydrogen (secondary N) is 1. The van der Waals surface area contributed by atoms with Gasteiger partial charge in [-0.2, -0.15) is 15.0 Å². The lowest BCUT2D eigenvalue weighted by Gasteiger charge is -2.13. The van der Waals surface area contributed by atoms with Gasteiger partial charge in [-0.25, -0.2) is 4.98 Å². The van der Waals surface area contributed by atoms with E-state index < -0.39 is 0 Å². The van der Waals surface area contributed by atoms with E-state index in [1.807, 2.05) is 31.2 Å². The topological polar surface area (TPSA) is 92.8 Å².